The zero-order chi connectivity index (χ0) is 11.0. The van der Waals surface area contributed by atoms with E-state index >= 15 is 0 Å². The van der Waals surface area contributed by atoms with Crippen molar-refractivity contribution in [2.45, 2.75) is 27.3 Å². The van der Waals surface area contributed by atoms with Crippen LogP contribution < -0.4 is 5.73 Å². The van der Waals surface area contributed by atoms with Crippen LogP contribution in [0.15, 0.2) is 0 Å². The summed E-state index contributed by atoms with van der Waals surface area (Å²) in [6.07, 6.45) is 0. The van der Waals surface area contributed by atoms with Crippen LogP contribution in [0.4, 0.5) is 5.13 Å². The molecule has 0 aliphatic rings. The van der Waals surface area contributed by atoms with Crippen molar-refractivity contribution in [3.63, 3.8) is 0 Å². The highest BCUT2D eigenvalue weighted by Gasteiger charge is 2.15. The van der Waals surface area contributed by atoms with Gasteiger partial charge in [0.2, 0.25) is 0 Å². The fourth-order valence-corrected chi connectivity index (χ4v) is 2.38. The van der Waals surface area contributed by atoms with E-state index in [1.807, 2.05) is 13.8 Å². The van der Waals surface area contributed by atoms with E-state index in [0.29, 0.717) is 5.13 Å². The average molecular weight is 223 g/mol. The monoisotopic (exact) mass is 223 g/mol. The summed E-state index contributed by atoms with van der Waals surface area (Å²) in [7, 11) is 0. The van der Waals surface area contributed by atoms with Gasteiger partial charge in [-0.15, -0.1) is 10.2 Å². The van der Waals surface area contributed by atoms with Gasteiger partial charge >= 0.3 is 0 Å². The molecule has 5 nitrogen and oxygen atoms in total. The van der Waals surface area contributed by atoms with Crippen molar-refractivity contribution in [3.8, 4) is 10.7 Å². The highest BCUT2D eigenvalue weighted by molar-refractivity contribution is 7.18. The Morgan fingerprint density at radius 2 is 2.07 bits per heavy atom. The third kappa shape index (κ3) is 1.61. The molecule has 0 aliphatic heterocycles. The standard InChI is InChI=1S/C9H13N5S/c1-4-14-6(3)12-13-8(14)7-5(2)11-9(10)15-7/h4H2,1-3H3,(H2,10,11). The van der Waals surface area contributed by atoms with Crippen LogP contribution in [0.5, 0.6) is 0 Å². The predicted molar refractivity (Wildman–Crippen MR) is 60.7 cm³/mol. The van der Waals surface area contributed by atoms with Crippen LogP contribution >= 0.6 is 11.3 Å². The summed E-state index contributed by atoms with van der Waals surface area (Å²) in [6.45, 7) is 6.80. The zero-order valence-electron chi connectivity index (χ0n) is 8.98. The molecule has 0 amide bonds. The van der Waals surface area contributed by atoms with Crippen molar-refractivity contribution in [2.75, 3.05) is 5.73 Å². The third-order valence-corrected chi connectivity index (χ3v) is 3.25. The Morgan fingerprint density at radius 1 is 1.33 bits per heavy atom. The number of rotatable bonds is 2. The molecule has 0 aliphatic carbocycles. The summed E-state index contributed by atoms with van der Waals surface area (Å²) in [5.41, 5.74) is 6.58. The lowest BCUT2D eigenvalue weighted by atomic mass is 10.3. The summed E-state index contributed by atoms with van der Waals surface area (Å²) < 4.78 is 2.06. The van der Waals surface area contributed by atoms with Crippen molar-refractivity contribution in [2.24, 2.45) is 0 Å². The van der Waals surface area contributed by atoms with E-state index in [4.69, 9.17) is 5.73 Å². The van der Waals surface area contributed by atoms with Gasteiger partial charge in [0.15, 0.2) is 11.0 Å². The molecule has 2 N–H and O–H groups in total. The zero-order valence-corrected chi connectivity index (χ0v) is 9.80. The van der Waals surface area contributed by atoms with E-state index in [1.165, 1.54) is 11.3 Å². The van der Waals surface area contributed by atoms with Crippen LogP contribution in [-0.2, 0) is 6.54 Å². The molecule has 2 aromatic heterocycles. The van der Waals surface area contributed by atoms with Gasteiger partial charge in [0.25, 0.3) is 0 Å². The molecule has 0 fully saturated rings. The second-order valence-electron chi connectivity index (χ2n) is 3.28. The van der Waals surface area contributed by atoms with Crippen LogP contribution in [0.3, 0.4) is 0 Å². The van der Waals surface area contributed by atoms with Gasteiger partial charge < -0.3 is 10.3 Å². The number of aryl methyl sites for hydroxylation is 2. The summed E-state index contributed by atoms with van der Waals surface area (Å²) in [4.78, 5) is 5.20. The predicted octanol–water partition coefficient (Wildman–Crippen LogP) is 1.62. The number of nitrogen functional groups attached to an aromatic ring is 1. The summed E-state index contributed by atoms with van der Waals surface area (Å²) >= 11 is 1.45. The molecule has 6 heteroatoms. The molecule has 0 bridgehead atoms. The minimum atomic E-state index is 0.575. The van der Waals surface area contributed by atoms with Gasteiger partial charge in [-0.25, -0.2) is 4.98 Å². The Hall–Kier alpha value is -1.43. The number of aromatic nitrogens is 4. The molecule has 2 rings (SSSR count). The van der Waals surface area contributed by atoms with Crippen molar-refractivity contribution in [1.82, 2.24) is 19.7 Å². The van der Waals surface area contributed by atoms with Crippen LogP contribution in [0.25, 0.3) is 10.7 Å². The molecule has 2 heterocycles. The Labute approximate surface area is 92.0 Å². The van der Waals surface area contributed by atoms with Gasteiger partial charge in [-0.05, 0) is 20.8 Å². The first-order valence-corrected chi connectivity index (χ1v) is 5.58. The normalized spacial score (nSPS) is 10.9. The van der Waals surface area contributed by atoms with Crippen LogP contribution in [0.1, 0.15) is 18.4 Å². The second-order valence-corrected chi connectivity index (χ2v) is 4.31. The van der Waals surface area contributed by atoms with E-state index in [-0.39, 0.29) is 0 Å². The molecule has 15 heavy (non-hydrogen) atoms. The van der Waals surface area contributed by atoms with Crippen molar-refractivity contribution < 1.29 is 0 Å². The first-order valence-electron chi connectivity index (χ1n) is 4.76. The summed E-state index contributed by atoms with van der Waals surface area (Å²) in [6, 6.07) is 0. The largest absolute Gasteiger partial charge is 0.375 e. The molecule has 0 unspecified atom stereocenters. The van der Waals surface area contributed by atoms with Crippen LogP contribution in [0, 0.1) is 13.8 Å². The van der Waals surface area contributed by atoms with E-state index in [2.05, 4.69) is 26.7 Å². The quantitative estimate of drug-likeness (QED) is 0.840. The van der Waals surface area contributed by atoms with Crippen molar-refractivity contribution in [1.29, 1.82) is 0 Å². The van der Waals surface area contributed by atoms with Gasteiger partial charge in [-0.1, -0.05) is 11.3 Å². The number of nitrogens with zero attached hydrogens (tertiary/aromatic N) is 4. The van der Waals surface area contributed by atoms with Crippen LogP contribution in [0.2, 0.25) is 0 Å². The van der Waals surface area contributed by atoms with Gasteiger partial charge in [0.1, 0.15) is 5.82 Å². The maximum absolute atomic E-state index is 5.67. The lowest BCUT2D eigenvalue weighted by Crippen LogP contribution is -1.99. The van der Waals surface area contributed by atoms with E-state index in [9.17, 15) is 0 Å². The summed E-state index contributed by atoms with van der Waals surface area (Å²) in [5.74, 6) is 1.78. The molecule has 0 saturated heterocycles. The Bertz CT molecular complexity index is 485. The first-order chi connectivity index (χ1) is 7.13. The number of anilines is 1. The third-order valence-electron chi connectivity index (χ3n) is 2.27. The molecule has 0 aromatic carbocycles. The SMILES string of the molecule is CCn1c(C)nnc1-c1sc(N)nc1C. The minimum Gasteiger partial charge on any atom is -0.375 e. The van der Waals surface area contributed by atoms with E-state index in [0.717, 1.165) is 28.8 Å². The minimum absolute atomic E-state index is 0.575. The number of thiazole rings is 1. The van der Waals surface area contributed by atoms with E-state index in [1.54, 1.807) is 0 Å². The number of hydrogen-bond acceptors (Lipinski definition) is 5. The highest BCUT2D eigenvalue weighted by Crippen LogP contribution is 2.30. The van der Waals surface area contributed by atoms with Gasteiger partial charge in [0, 0.05) is 6.54 Å². The van der Waals surface area contributed by atoms with Crippen molar-refractivity contribution >= 4 is 16.5 Å². The summed E-state index contributed by atoms with van der Waals surface area (Å²) in [5, 5.41) is 8.80. The smallest absolute Gasteiger partial charge is 0.180 e. The van der Waals surface area contributed by atoms with Crippen LogP contribution in [-0.4, -0.2) is 19.7 Å². The molecule has 0 spiro atoms. The topological polar surface area (TPSA) is 69.6 Å². The number of hydrogen-bond donors (Lipinski definition) is 1. The van der Waals surface area contributed by atoms with Gasteiger partial charge in [0.05, 0.1) is 10.6 Å². The molecule has 80 valence electrons. The Balaban J connectivity index is 2.58. The molecular weight excluding hydrogens is 210 g/mol. The Morgan fingerprint density at radius 3 is 2.60 bits per heavy atom. The maximum atomic E-state index is 5.67. The fraction of sp³-hybridized carbons (Fsp3) is 0.444. The second kappa shape index (κ2) is 3.62. The molecular formula is C9H13N5S. The molecule has 0 radical (unpaired) electrons. The Kier molecular flexibility index (Phi) is 2.44. The molecule has 0 atom stereocenters. The maximum Gasteiger partial charge on any atom is 0.180 e. The molecule has 0 saturated carbocycles. The first kappa shape index (κ1) is 10.1. The van der Waals surface area contributed by atoms with Crippen molar-refractivity contribution in [3.05, 3.63) is 11.5 Å². The lowest BCUT2D eigenvalue weighted by molar-refractivity contribution is 0.737. The van der Waals surface area contributed by atoms with Gasteiger partial charge in [-0.2, -0.15) is 0 Å². The molecule has 2 aromatic rings. The average Bonchev–Trinajstić information content (AvgIpc) is 2.69. The highest BCUT2D eigenvalue weighted by atomic mass is 32.1. The van der Waals surface area contributed by atoms with E-state index < -0.39 is 0 Å². The van der Waals surface area contributed by atoms with Gasteiger partial charge in [-0.3, -0.25) is 0 Å². The fourth-order valence-electron chi connectivity index (χ4n) is 1.55. The number of nitrogens with two attached hydrogens (primary N) is 1. The lowest BCUT2D eigenvalue weighted by Gasteiger charge is -2.02.